The summed E-state index contributed by atoms with van der Waals surface area (Å²) in [6.45, 7) is 1.82. The van der Waals surface area contributed by atoms with Crippen LogP contribution in [0.25, 0.3) is 0 Å². The van der Waals surface area contributed by atoms with Crippen LogP contribution < -0.4 is 14.4 Å². The molecule has 0 radical (unpaired) electrons. The van der Waals surface area contributed by atoms with Gasteiger partial charge in [0.1, 0.15) is 17.2 Å². The van der Waals surface area contributed by atoms with Crippen LogP contribution in [0.2, 0.25) is 5.02 Å². The highest BCUT2D eigenvalue weighted by atomic mass is 35.5. The zero-order chi connectivity index (χ0) is 30.5. The fraction of sp³-hybridized carbons (Fsp3) is 0.400. The number of aryl methyl sites for hydroxylation is 1. The van der Waals surface area contributed by atoms with Crippen molar-refractivity contribution < 1.29 is 33.8 Å². The van der Waals surface area contributed by atoms with Crippen molar-refractivity contribution in [1.29, 1.82) is 0 Å². The van der Waals surface area contributed by atoms with Crippen molar-refractivity contribution in [2.24, 2.45) is 17.8 Å². The number of anilines is 1. The summed E-state index contributed by atoms with van der Waals surface area (Å²) < 4.78 is 11.2. The third-order valence-corrected chi connectivity index (χ3v) is 11.1. The minimum Gasteiger partial charge on any atom is -0.508 e. The Bertz CT molecular complexity index is 1600. The second-order valence-corrected chi connectivity index (χ2v) is 12.9. The number of hydrogen-bond donors (Lipinski definition) is 1. The number of likely N-dealkylation sites (tertiary alicyclic amines) is 1. The summed E-state index contributed by atoms with van der Waals surface area (Å²) in [6, 6.07) is 7.68. The number of amides is 4. The second-order valence-electron chi connectivity index (χ2n) is 11.2. The SMILES string of the molecule is COc1cc(O)cc(OC)c1[C@H]1C2=CC[C@@H]3C(=O)N(c4ccc(C)c(Cl)c4)C(=O)[C@@H]3[C@@H]2C[C@@]2(Cl)C(=O)N(C)C(=O)[C@@]12Cl. The number of carbonyl (C=O) groups is 4. The lowest BCUT2D eigenvalue weighted by molar-refractivity contribution is -0.138. The van der Waals surface area contributed by atoms with Crippen LogP contribution in [0.3, 0.4) is 0 Å². The number of phenolic OH excluding ortho intramolecular Hbond substituents is 1. The number of imide groups is 2. The number of methoxy groups -OCH3 is 2. The molecule has 6 rings (SSSR count). The molecule has 12 heteroatoms. The molecule has 0 aromatic heterocycles. The highest BCUT2D eigenvalue weighted by Crippen LogP contribution is 2.67. The Morgan fingerprint density at radius 2 is 1.60 bits per heavy atom. The van der Waals surface area contributed by atoms with Gasteiger partial charge in [0.25, 0.3) is 11.8 Å². The zero-order valence-electron chi connectivity index (χ0n) is 23.1. The first-order valence-electron chi connectivity index (χ1n) is 13.3. The lowest BCUT2D eigenvalue weighted by atomic mass is 9.56. The van der Waals surface area contributed by atoms with Gasteiger partial charge in [-0.25, -0.2) is 4.90 Å². The molecule has 0 spiro atoms. The average Bonchev–Trinajstić information content (AvgIpc) is 3.29. The zero-order valence-corrected chi connectivity index (χ0v) is 25.4. The van der Waals surface area contributed by atoms with Gasteiger partial charge in [-0.1, -0.05) is 29.3 Å². The van der Waals surface area contributed by atoms with Crippen LogP contribution in [0.1, 0.15) is 29.9 Å². The number of hydrogen-bond acceptors (Lipinski definition) is 7. The van der Waals surface area contributed by atoms with E-state index in [1.54, 1.807) is 18.2 Å². The molecule has 0 unspecified atom stereocenters. The Balaban J connectivity index is 1.56. The Labute approximate surface area is 256 Å². The number of phenols is 1. The molecule has 2 heterocycles. The summed E-state index contributed by atoms with van der Waals surface area (Å²) in [6.07, 6.45) is 1.85. The Morgan fingerprint density at radius 3 is 2.19 bits per heavy atom. The Hall–Kier alpha value is -3.27. The van der Waals surface area contributed by atoms with Crippen molar-refractivity contribution in [3.8, 4) is 17.2 Å². The Kier molecular flexibility index (Phi) is 6.61. The van der Waals surface area contributed by atoms with E-state index in [2.05, 4.69) is 0 Å². The molecule has 4 amide bonds. The van der Waals surface area contributed by atoms with Gasteiger partial charge in [-0.3, -0.25) is 24.1 Å². The topological polar surface area (TPSA) is 113 Å². The number of halogens is 3. The summed E-state index contributed by atoms with van der Waals surface area (Å²) in [5, 5.41) is 10.8. The van der Waals surface area contributed by atoms with Crippen LogP contribution >= 0.6 is 34.8 Å². The number of aromatic hydroxyl groups is 1. The van der Waals surface area contributed by atoms with E-state index in [1.165, 1.54) is 33.4 Å². The van der Waals surface area contributed by atoms with Crippen molar-refractivity contribution in [2.75, 3.05) is 26.2 Å². The molecule has 3 fully saturated rings. The van der Waals surface area contributed by atoms with Gasteiger partial charge in [0, 0.05) is 35.7 Å². The van der Waals surface area contributed by atoms with Gasteiger partial charge in [0.05, 0.1) is 31.7 Å². The van der Waals surface area contributed by atoms with Crippen molar-refractivity contribution in [1.82, 2.24) is 4.90 Å². The smallest absolute Gasteiger partial charge is 0.253 e. The van der Waals surface area contributed by atoms with Crippen LogP contribution in [0.5, 0.6) is 17.2 Å². The van der Waals surface area contributed by atoms with Gasteiger partial charge in [0.2, 0.25) is 11.8 Å². The minimum absolute atomic E-state index is 0.152. The van der Waals surface area contributed by atoms with E-state index in [-0.39, 0.29) is 36.0 Å². The number of alkyl halides is 2. The second kappa shape index (κ2) is 9.62. The Morgan fingerprint density at radius 1 is 0.952 bits per heavy atom. The number of fused-ring (bicyclic) bond motifs is 4. The number of nitrogens with zero attached hydrogens (tertiary/aromatic N) is 2. The van der Waals surface area contributed by atoms with E-state index >= 15 is 0 Å². The molecule has 2 aliphatic heterocycles. The van der Waals surface area contributed by atoms with Gasteiger partial charge in [0.15, 0.2) is 9.75 Å². The quantitative estimate of drug-likeness (QED) is 0.298. The molecule has 2 aromatic carbocycles. The summed E-state index contributed by atoms with van der Waals surface area (Å²) in [5.41, 5.74) is 2.02. The normalized spacial score (nSPS) is 32.0. The van der Waals surface area contributed by atoms with Crippen molar-refractivity contribution in [3.63, 3.8) is 0 Å². The lowest BCUT2D eigenvalue weighted by Crippen LogP contribution is -2.60. The minimum atomic E-state index is -2.02. The number of ether oxygens (including phenoxy) is 2. The molecule has 1 saturated carbocycles. The fourth-order valence-corrected chi connectivity index (χ4v) is 8.42. The van der Waals surface area contributed by atoms with E-state index in [0.29, 0.717) is 21.8 Å². The first-order chi connectivity index (χ1) is 19.8. The first kappa shape index (κ1) is 28.8. The summed E-state index contributed by atoms with van der Waals surface area (Å²) >= 11 is 20.8. The number of carbonyl (C=O) groups excluding carboxylic acids is 4. The van der Waals surface area contributed by atoms with Crippen molar-refractivity contribution >= 4 is 64.1 Å². The van der Waals surface area contributed by atoms with E-state index in [1.807, 2.05) is 13.0 Å². The predicted molar refractivity (Wildman–Crippen MR) is 155 cm³/mol. The molecule has 2 aliphatic carbocycles. The molecule has 42 heavy (non-hydrogen) atoms. The van der Waals surface area contributed by atoms with Crippen LogP contribution in [0, 0.1) is 24.7 Å². The van der Waals surface area contributed by atoms with E-state index < -0.39 is 51.1 Å². The first-order valence-corrected chi connectivity index (χ1v) is 14.4. The molecule has 9 nitrogen and oxygen atoms in total. The van der Waals surface area contributed by atoms with Crippen molar-refractivity contribution in [3.05, 3.63) is 58.1 Å². The van der Waals surface area contributed by atoms with E-state index in [9.17, 15) is 24.3 Å². The highest BCUT2D eigenvalue weighted by molar-refractivity contribution is 6.53. The summed E-state index contributed by atoms with van der Waals surface area (Å²) in [7, 11) is 4.08. The molecule has 1 N–H and O–H groups in total. The number of allylic oxidation sites excluding steroid dienone is 2. The van der Waals surface area contributed by atoms with Gasteiger partial charge in [-0.2, -0.15) is 0 Å². The summed E-state index contributed by atoms with van der Waals surface area (Å²) in [4.78, 5) is 53.4. The molecule has 6 atom stereocenters. The molecular weight excluding hydrogens is 607 g/mol. The fourth-order valence-electron chi connectivity index (χ4n) is 7.25. The van der Waals surface area contributed by atoms with E-state index in [0.717, 1.165) is 15.4 Å². The maximum atomic E-state index is 14.1. The van der Waals surface area contributed by atoms with Crippen LogP contribution in [0.4, 0.5) is 5.69 Å². The number of benzene rings is 2. The summed E-state index contributed by atoms with van der Waals surface area (Å²) in [5.74, 6) is -5.52. The van der Waals surface area contributed by atoms with Gasteiger partial charge in [-0.05, 0) is 43.4 Å². The van der Waals surface area contributed by atoms with Gasteiger partial charge in [-0.15, -0.1) is 23.2 Å². The maximum absolute atomic E-state index is 14.1. The molecule has 0 bridgehead atoms. The molecule has 220 valence electrons. The van der Waals surface area contributed by atoms with Crippen molar-refractivity contribution in [2.45, 2.75) is 35.4 Å². The van der Waals surface area contributed by atoms with Crippen LogP contribution in [0.15, 0.2) is 42.0 Å². The maximum Gasteiger partial charge on any atom is 0.253 e. The molecule has 2 aromatic rings. The highest BCUT2D eigenvalue weighted by Gasteiger charge is 2.76. The molecule has 4 aliphatic rings. The van der Waals surface area contributed by atoms with Gasteiger partial charge >= 0.3 is 0 Å². The largest absolute Gasteiger partial charge is 0.508 e. The van der Waals surface area contributed by atoms with Crippen LogP contribution in [-0.4, -0.2) is 64.7 Å². The monoisotopic (exact) mass is 632 g/mol. The van der Waals surface area contributed by atoms with Crippen LogP contribution in [-0.2, 0) is 19.2 Å². The standard InChI is InChI=1S/C30H27Cl3N2O7/c1-13-5-6-14(9-19(13)31)35-25(37)17-8-7-16-18(22(17)26(35)38)12-29(32)27(39)34(2)28(40)30(29,33)24(16)23-20(41-3)10-15(36)11-21(23)42-4/h5-7,9-11,17-18,22,24,36H,8,12H2,1-4H3/t17-,18+,22-,24+,29+,30-/m0/s1. The van der Waals surface area contributed by atoms with Gasteiger partial charge < -0.3 is 14.6 Å². The third-order valence-electron chi connectivity index (χ3n) is 9.25. The molecular formula is C30H27Cl3N2O7. The number of rotatable bonds is 4. The van der Waals surface area contributed by atoms with E-state index in [4.69, 9.17) is 44.3 Å². The predicted octanol–water partition coefficient (Wildman–Crippen LogP) is 4.56. The molecule has 2 saturated heterocycles. The third kappa shape index (κ3) is 3.56. The average molecular weight is 634 g/mol. The lowest BCUT2D eigenvalue weighted by Gasteiger charge is -2.51.